The standard InChI is InChI=1S/C6H10N2.CH4O4S/c1-2-4-8-5-3-7-6-8;1-5-6(2,3)4/h2,6H,1,3-5H2;1H3,(H,2,3,4). The maximum Gasteiger partial charge on any atom is 0.397 e. The van der Waals surface area contributed by atoms with Crippen molar-refractivity contribution in [3.8, 4) is 0 Å². The van der Waals surface area contributed by atoms with Gasteiger partial charge in [0.2, 0.25) is 0 Å². The van der Waals surface area contributed by atoms with Crippen molar-refractivity contribution in [2.75, 3.05) is 26.7 Å². The molecule has 0 radical (unpaired) electrons. The Hall–Kier alpha value is -0.920. The summed E-state index contributed by atoms with van der Waals surface area (Å²) in [5.74, 6) is 0. The van der Waals surface area contributed by atoms with Crippen LogP contribution >= 0.6 is 0 Å². The predicted molar refractivity (Wildman–Crippen MR) is 53.7 cm³/mol. The van der Waals surface area contributed by atoms with E-state index in [1.165, 1.54) is 0 Å². The average molecular weight is 222 g/mol. The molecule has 0 fully saturated rings. The van der Waals surface area contributed by atoms with Crippen LogP contribution < -0.4 is 0 Å². The van der Waals surface area contributed by atoms with Gasteiger partial charge >= 0.3 is 10.4 Å². The minimum atomic E-state index is -4.16. The SMILES string of the molecule is C=CCN1C=NCC1.COS(=O)(=O)O. The highest BCUT2D eigenvalue weighted by atomic mass is 32.3. The minimum absolute atomic E-state index is 0.870. The van der Waals surface area contributed by atoms with E-state index < -0.39 is 10.4 Å². The molecule has 1 heterocycles. The first-order valence-electron chi connectivity index (χ1n) is 3.87. The third-order valence-corrected chi connectivity index (χ3v) is 1.76. The summed E-state index contributed by atoms with van der Waals surface area (Å²) in [6.07, 6.45) is 3.76. The first-order valence-corrected chi connectivity index (χ1v) is 5.24. The smallest absolute Gasteiger partial charge is 0.357 e. The molecule has 0 saturated heterocycles. The van der Waals surface area contributed by atoms with Crippen molar-refractivity contribution in [1.29, 1.82) is 0 Å². The van der Waals surface area contributed by atoms with Crippen LogP contribution in [0.25, 0.3) is 0 Å². The number of nitrogens with zero attached hydrogens (tertiary/aromatic N) is 2. The molecule has 0 bridgehead atoms. The van der Waals surface area contributed by atoms with Crippen LogP contribution in [0.3, 0.4) is 0 Å². The fourth-order valence-electron chi connectivity index (χ4n) is 0.721. The first-order chi connectivity index (χ1) is 6.49. The molecule has 0 unspecified atom stereocenters. The zero-order valence-electron chi connectivity index (χ0n) is 7.96. The summed E-state index contributed by atoms with van der Waals surface area (Å²) in [6.45, 7) is 6.57. The molecule has 0 amide bonds. The van der Waals surface area contributed by atoms with Crippen molar-refractivity contribution >= 4 is 16.7 Å². The van der Waals surface area contributed by atoms with Crippen LogP contribution in [-0.2, 0) is 14.6 Å². The van der Waals surface area contributed by atoms with Gasteiger partial charge in [0.25, 0.3) is 0 Å². The lowest BCUT2D eigenvalue weighted by Gasteiger charge is -2.08. The van der Waals surface area contributed by atoms with Gasteiger partial charge in [0.1, 0.15) is 0 Å². The lowest BCUT2D eigenvalue weighted by molar-refractivity contribution is 0.324. The summed E-state index contributed by atoms with van der Waals surface area (Å²) in [6, 6.07) is 0. The molecule has 0 saturated carbocycles. The summed E-state index contributed by atoms with van der Waals surface area (Å²) in [5, 5.41) is 0. The van der Waals surface area contributed by atoms with E-state index in [-0.39, 0.29) is 0 Å². The minimum Gasteiger partial charge on any atom is -0.357 e. The molecular formula is C7H14N2O4S. The summed E-state index contributed by atoms with van der Waals surface area (Å²) >= 11 is 0. The van der Waals surface area contributed by atoms with E-state index in [4.69, 9.17) is 4.55 Å². The Balaban J connectivity index is 0.000000255. The molecule has 1 N–H and O–H groups in total. The fraction of sp³-hybridized carbons (Fsp3) is 0.571. The highest BCUT2D eigenvalue weighted by Gasteiger charge is 1.99. The van der Waals surface area contributed by atoms with Crippen LogP contribution in [0.5, 0.6) is 0 Å². The Bertz CT molecular complexity index is 286. The van der Waals surface area contributed by atoms with Gasteiger partial charge in [-0.15, -0.1) is 6.58 Å². The Morgan fingerprint density at radius 3 is 2.64 bits per heavy atom. The van der Waals surface area contributed by atoms with Crippen LogP contribution in [0.2, 0.25) is 0 Å². The second-order valence-electron chi connectivity index (χ2n) is 2.40. The molecule has 82 valence electrons. The molecule has 1 aliphatic heterocycles. The predicted octanol–water partition coefficient (Wildman–Crippen LogP) is -0.0481. The number of hydrogen-bond acceptors (Lipinski definition) is 5. The van der Waals surface area contributed by atoms with Gasteiger partial charge in [0, 0.05) is 13.1 Å². The Morgan fingerprint density at radius 2 is 2.36 bits per heavy atom. The highest BCUT2D eigenvalue weighted by molar-refractivity contribution is 7.80. The molecule has 6 nitrogen and oxygen atoms in total. The lowest BCUT2D eigenvalue weighted by Crippen LogP contribution is -2.18. The third kappa shape index (κ3) is 7.71. The van der Waals surface area contributed by atoms with Crippen LogP contribution in [0, 0.1) is 0 Å². The van der Waals surface area contributed by atoms with E-state index in [1.807, 2.05) is 12.4 Å². The molecule has 0 spiro atoms. The first kappa shape index (κ1) is 13.1. The second kappa shape index (κ2) is 6.52. The van der Waals surface area contributed by atoms with Crippen molar-refractivity contribution in [2.45, 2.75) is 0 Å². The van der Waals surface area contributed by atoms with Crippen LogP contribution in [0.15, 0.2) is 17.6 Å². The Morgan fingerprint density at radius 1 is 1.79 bits per heavy atom. The molecule has 7 heteroatoms. The van der Waals surface area contributed by atoms with E-state index in [0.29, 0.717) is 0 Å². The maximum absolute atomic E-state index is 9.33. The van der Waals surface area contributed by atoms with Gasteiger partial charge in [-0.25, -0.2) is 0 Å². The van der Waals surface area contributed by atoms with Gasteiger partial charge in [0.15, 0.2) is 0 Å². The molecule has 0 aliphatic carbocycles. The van der Waals surface area contributed by atoms with Gasteiger partial charge in [-0.3, -0.25) is 13.7 Å². The van der Waals surface area contributed by atoms with E-state index in [2.05, 4.69) is 20.7 Å². The lowest BCUT2D eigenvalue weighted by atomic mass is 10.5. The van der Waals surface area contributed by atoms with Crippen molar-refractivity contribution in [3.05, 3.63) is 12.7 Å². The molecule has 14 heavy (non-hydrogen) atoms. The van der Waals surface area contributed by atoms with Gasteiger partial charge in [0.05, 0.1) is 20.0 Å². The van der Waals surface area contributed by atoms with E-state index >= 15 is 0 Å². The van der Waals surface area contributed by atoms with E-state index in [0.717, 1.165) is 26.7 Å². The maximum atomic E-state index is 9.33. The van der Waals surface area contributed by atoms with Crippen molar-refractivity contribution < 1.29 is 17.2 Å². The van der Waals surface area contributed by atoms with E-state index in [9.17, 15) is 8.42 Å². The van der Waals surface area contributed by atoms with Gasteiger partial charge in [-0.1, -0.05) is 6.08 Å². The Kier molecular flexibility index (Phi) is 6.09. The largest absolute Gasteiger partial charge is 0.397 e. The van der Waals surface area contributed by atoms with Crippen LogP contribution in [-0.4, -0.2) is 51.0 Å². The van der Waals surface area contributed by atoms with Gasteiger partial charge < -0.3 is 4.90 Å². The second-order valence-corrected chi connectivity index (χ2v) is 3.59. The monoisotopic (exact) mass is 222 g/mol. The van der Waals surface area contributed by atoms with Gasteiger partial charge in [-0.05, 0) is 0 Å². The topological polar surface area (TPSA) is 79.2 Å². The molecule has 0 aromatic heterocycles. The number of rotatable bonds is 3. The quantitative estimate of drug-likeness (QED) is 0.535. The fourth-order valence-corrected chi connectivity index (χ4v) is 0.721. The zero-order valence-corrected chi connectivity index (χ0v) is 8.77. The van der Waals surface area contributed by atoms with Crippen LogP contribution in [0.4, 0.5) is 0 Å². The molecule has 0 aromatic rings. The van der Waals surface area contributed by atoms with Crippen molar-refractivity contribution in [3.63, 3.8) is 0 Å². The van der Waals surface area contributed by atoms with E-state index in [1.54, 1.807) is 0 Å². The molecule has 1 rings (SSSR count). The molecule has 0 aromatic carbocycles. The third-order valence-electron chi connectivity index (χ3n) is 1.34. The van der Waals surface area contributed by atoms with Crippen molar-refractivity contribution in [1.82, 2.24) is 4.90 Å². The Labute approximate surface area is 83.8 Å². The highest BCUT2D eigenvalue weighted by Crippen LogP contribution is 1.90. The summed E-state index contributed by atoms with van der Waals surface area (Å²) in [5.41, 5.74) is 0. The normalized spacial score (nSPS) is 14.9. The zero-order chi connectivity index (χ0) is 11.0. The van der Waals surface area contributed by atoms with Crippen molar-refractivity contribution in [2.24, 2.45) is 4.99 Å². The van der Waals surface area contributed by atoms with Crippen LogP contribution in [0.1, 0.15) is 0 Å². The average Bonchev–Trinajstić information content (AvgIpc) is 2.58. The number of hydrogen-bond donors (Lipinski definition) is 1. The summed E-state index contributed by atoms with van der Waals surface area (Å²) in [4.78, 5) is 6.17. The van der Waals surface area contributed by atoms with Gasteiger partial charge in [-0.2, -0.15) is 8.42 Å². The number of aliphatic imine (C=N–C) groups is 1. The summed E-state index contributed by atoms with van der Waals surface area (Å²) < 4.78 is 29.7. The molecular weight excluding hydrogens is 208 g/mol. The molecule has 0 atom stereocenters. The molecule has 1 aliphatic rings. The summed E-state index contributed by atoms with van der Waals surface area (Å²) in [7, 11) is -3.29.